The lowest BCUT2D eigenvalue weighted by Crippen LogP contribution is -1.89. The molecule has 2 aromatic rings. The van der Waals surface area contributed by atoms with Crippen LogP contribution in [-0.2, 0) is 6.42 Å². The van der Waals surface area contributed by atoms with E-state index < -0.39 is 0 Å². The van der Waals surface area contributed by atoms with Gasteiger partial charge in [-0.25, -0.2) is 0 Å². The highest BCUT2D eigenvalue weighted by molar-refractivity contribution is 9.10. The minimum atomic E-state index is 1.16. The summed E-state index contributed by atoms with van der Waals surface area (Å²) in [5.41, 5.74) is 4.02. The Morgan fingerprint density at radius 2 is 1.67 bits per heavy atom. The lowest BCUT2D eigenvalue weighted by atomic mass is 10.0. The second kappa shape index (κ2) is 6.75. The van der Waals surface area contributed by atoms with Crippen molar-refractivity contribution in [2.24, 2.45) is 0 Å². The van der Waals surface area contributed by atoms with Gasteiger partial charge in [0.1, 0.15) is 0 Å². The number of hydrogen-bond donors (Lipinski definition) is 0. The fraction of sp³-hybridized carbons (Fsp3) is 0.294. The van der Waals surface area contributed by atoms with Crippen LogP contribution < -0.4 is 0 Å². The summed E-state index contributed by atoms with van der Waals surface area (Å²) in [6, 6.07) is 17.2. The maximum Gasteiger partial charge on any atom is 0.0207 e. The normalized spacial score (nSPS) is 10.6. The molecule has 0 aliphatic heterocycles. The molecule has 0 bridgehead atoms. The quantitative estimate of drug-likeness (QED) is 0.608. The summed E-state index contributed by atoms with van der Waals surface area (Å²) in [5.74, 6) is 0. The van der Waals surface area contributed by atoms with E-state index in [0.717, 1.165) is 6.42 Å². The van der Waals surface area contributed by atoms with Gasteiger partial charge in [0.05, 0.1) is 0 Å². The molecule has 2 aromatic carbocycles. The van der Waals surface area contributed by atoms with E-state index in [1.807, 2.05) is 0 Å². The molecular formula is C17H19Br. The van der Waals surface area contributed by atoms with E-state index in [1.54, 1.807) is 0 Å². The van der Waals surface area contributed by atoms with Gasteiger partial charge in [-0.1, -0.05) is 78.2 Å². The first-order valence-corrected chi connectivity index (χ1v) is 7.44. The number of benzene rings is 2. The zero-order valence-electron chi connectivity index (χ0n) is 10.8. The van der Waals surface area contributed by atoms with Crippen LogP contribution in [-0.4, -0.2) is 0 Å². The van der Waals surface area contributed by atoms with Gasteiger partial charge < -0.3 is 0 Å². The maximum atomic E-state index is 3.66. The summed E-state index contributed by atoms with van der Waals surface area (Å²) in [5, 5.41) is 0. The highest BCUT2D eigenvalue weighted by Crippen LogP contribution is 2.26. The zero-order chi connectivity index (χ0) is 12.8. The molecule has 0 saturated heterocycles. The number of aryl methyl sites for hydroxylation is 1. The standard InChI is InChI=1S/C17H19Br/c1-2-3-5-10-16-13-15(11-12-17(16)18)14-8-6-4-7-9-14/h4,6-9,11-13H,2-3,5,10H2,1H3. The Labute approximate surface area is 118 Å². The smallest absolute Gasteiger partial charge is 0.0207 e. The molecule has 0 spiro atoms. The molecule has 0 heterocycles. The zero-order valence-corrected chi connectivity index (χ0v) is 12.4. The van der Waals surface area contributed by atoms with E-state index in [0.29, 0.717) is 0 Å². The average Bonchev–Trinajstić information content (AvgIpc) is 2.42. The van der Waals surface area contributed by atoms with Gasteiger partial charge in [-0.2, -0.15) is 0 Å². The molecular weight excluding hydrogens is 284 g/mol. The Hall–Kier alpha value is -1.08. The molecule has 0 aliphatic rings. The fourth-order valence-electron chi connectivity index (χ4n) is 2.14. The van der Waals surface area contributed by atoms with Crippen LogP contribution >= 0.6 is 15.9 Å². The van der Waals surface area contributed by atoms with Crippen molar-refractivity contribution in [1.29, 1.82) is 0 Å². The number of unbranched alkanes of at least 4 members (excludes halogenated alkanes) is 2. The summed E-state index contributed by atoms with van der Waals surface area (Å²) in [4.78, 5) is 0. The molecule has 0 unspecified atom stereocenters. The predicted molar refractivity (Wildman–Crippen MR) is 82.8 cm³/mol. The lowest BCUT2D eigenvalue weighted by Gasteiger charge is -2.08. The van der Waals surface area contributed by atoms with Gasteiger partial charge in [0, 0.05) is 4.47 Å². The number of hydrogen-bond acceptors (Lipinski definition) is 0. The molecule has 2 rings (SSSR count). The van der Waals surface area contributed by atoms with E-state index in [2.05, 4.69) is 71.4 Å². The Morgan fingerprint density at radius 1 is 0.889 bits per heavy atom. The Morgan fingerprint density at radius 3 is 2.39 bits per heavy atom. The van der Waals surface area contributed by atoms with Crippen molar-refractivity contribution in [1.82, 2.24) is 0 Å². The molecule has 94 valence electrons. The van der Waals surface area contributed by atoms with E-state index >= 15 is 0 Å². The fourth-order valence-corrected chi connectivity index (χ4v) is 2.59. The van der Waals surface area contributed by atoms with E-state index in [9.17, 15) is 0 Å². The Bertz CT molecular complexity index is 488. The van der Waals surface area contributed by atoms with Crippen LogP contribution in [0.4, 0.5) is 0 Å². The van der Waals surface area contributed by atoms with Gasteiger partial charge in [0.25, 0.3) is 0 Å². The topological polar surface area (TPSA) is 0 Å². The van der Waals surface area contributed by atoms with Crippen LogP contribution in [0.3, 0.4) is 0 Å². The van der Waals surface area contributed by atoms with Gasteiger partial charge in [0.2, 0.25) is 0 Å². The summed E-state index contributed by atoms with van der Waals surface area (Å²) in [6.07, 6.45) is 5.01. The van der Waals surface area contributed by atoms with Crippen molar-refractivity contribution < 1.29 is 0 Å². The maximum absolute atomic E-state index is 3.66. The van der Waals surface area contributed by atoms with Gasteiger partial charge in [-0.15, -0.1) is 0 Å². The Balaban J connectivity index is 2.21. The van der Waals surface area contributed by atoms with Crippen LogP contribution in [0.25, 0.3) is 11.1 Å². The summed E-state index contributed by atoms with van der Waals surface area (Å²) in [6.45, 7) is 2.25. The highest BCUT2D eigenvalue weighted by Gasteiger charge is 2.03. The molecule has 1 heteroatoms. The molecule has 0 N–H and O–H groups in total. The van der Waals surface area contributed by atoms with Crippen LogP contribution in [0.5, 0.6) is 0 Å². The SMILES string of the molecule is CCCCCc1cc(-c2ccccc2)ccc1Br. The Kier molecular flexibility index (Phi) is 5.00. The number of halogens is 1. The van der Waals surface area contributed by atoms with Crippen molar-refractivity contribution in [3.05, 3.63) is 58.6 Å². The van der Waals surface area contributed by atoms with Crippen molar-refractivity contribution in [2.45, 2.75) is 32.6 Å². The molecule has 0 fully saturated rings. The number of rotatable bonds is 5. The third-order valence-electron chi connectivity index (χ3n) is 3.20. The van der Waals surface area contributed by atoms with Crippen LogP contribution in [0, 0.1) is 0 Å². The highest BCUT2D eigenvalue weighted by atomic mass is 79.9. The van der Waals surface area contributed by atoms with Crippen molar-refractivity contribution in [3.63, 3.8) is 0 Å². The van der Waals surface area contributed by atoms with E-state index in [4.69, 9.17) is 0 Å². The van der Waals surface area contributed by atoms with Crippen molar-refractivity contribution in [2.75, 3.05) is 0 Å². The molecule has 0 aliphatic carbocycles. The first-order chi connectivity index (χ1) is 8.81. The minimum Gasteiger partial charge on any atom is -0.0654 e. The molecule has 0 atom stereocenters. The van der Waals surface area contributed by atoms with E-state index in [-0.39, 0.29) is 0 Å². The molecule has 0 amide bonds. The van der Waals surface area contributed by atoms with Crippen LogP contribution in [0.2, 0.25) is 0 Å². The second-order valence-electron chi connectivity index (χ2n) is 4.63. The average molecular weight is 303 g/mol. The van der Waals surface area contributed by atoms with E-state index in [1.165, 1.54) is 40.4 Å². The van der Waals surface area contributed by atoms with Crippen LogP contribution in [0.15, 0.2) is 53.0 Å². The third-order valence-corrected chi connectivity index (χ3v) is 3.98. The summed E-state index contributed by atoms with van der Waals surface area (Å²) >= 11 is 3.66. The summed E-state index contributed by atoms with van der Waals surface area (Å²) in [7, 11) is 0. The first-order valence-electron chi connectivity index (χ1n) is 6.65. The monoisotopic (exact) mass is 302 g/mol. The molecule has 18 heavy (non-hydrogen) atoms. The van der Waals surface area contributed by atoms with Gasteiger partial charge >= 0.3 is 0 Å². The molecule has 0 nitrogen and oxygen atoms in total. The van der Waals surface area contributed by atoms with Crippen molar-refractivity contribution >= 4 is 15.9 Å². The van der Waals surface area contributed by atoms with Crippen molar-refractivity contribution in [3.8, 4) is 11.1 Å². The second-order valence-corrected chi connectivity index (χ2v) is 5.48. The van der Waals surface area contributed by atoms with Gasteiger partial charge in [-0.3, -0.25) is 0 Å². The van der Waals surface area contributed by atoms with Gasteiger partial charge in [-0.05, 0) is 35.6 Å². The van der Waals surface area contributed by atoms with Gasteiger partial charge in [0.15, 0.2) is 0 Å². The first kappa shape index (κ1) is 13.4. The summed E-state index contributed by atoms with van der Waals surface area (Å²) < 4.78 is 1.23. The largest absolute Gasteiger partial charge is 0.0654 e. The molecule has 0 saturated carbocycles. The van der Waals surface area contributed by atoms with Crippen LogP contribution in [0.1, 0.15) is 31.7 Å². The molecule has 0 radical (unpaired) electrons. The minimum absolute atomic E-state index is 1.16. The third kappa shape index (κ3) is 3.46. The lowest BCUT2D eigenvalue weighted by molar-refractivity contribution is 0.716. The molecule has 0 aromatic heterocycles. The predicted octanol–water partition coefficient (Wildman–Crippen LogP) is 5.85.